The Bertz CT molecular complexity index is 230. The molecular formula is C14H25I. The Hall–Kier alpha value is 0.210. The monoisotopic (exact) mass is 320 g/mol. The smallest absolute Gasteiger partial charge is 0.0226 e. The zero-order valence-corrected chi connectivity index (χ0v) is 13.0. The topological polar surface area (TPSA) is 0 Å². The molecule has 15 heavy (non-hydrogen) atoms. The standard InChI is InChI=1S/C14H25I/c1-6-14(5,15)11-10-13(4)9-7-8-12(2)3/h8,10H,6-7,9,11H2,1-5H3/b13-10+. The van der Waals surface area contributed by atoms with Crippen LogP contribution < -0.4 is 0 Å². The molecule has 1 heteroatoms. The molecule has 0 rings (SSSR count). The molecule has 0 N–H and O–H groups in total. The summed E-state index contributed by atoms with van der Waals surface area (Å²) in [5, 5.41) is 0. The van der Waals surface area contributed by atoms with E-state index >= 15 is 0 Å². The molecule has 88 valence electrons. The molecule has 0 aromatic heterocycles. The van der Waals surface area contributed by atoms with Crippen molar-refractivity contribution in [2.24, 2.45) is 0 Å². The van der Waals surface area contributed by atoms with Gasteiger partial charge in [0.25, 0.3) is 0 Å². The molecule has 0 spiro atoms. The molecule has 0 amide bonds. The van der Waals surface area contributed by atoms with Gasteiger partial charge in [0.05, 0.1) is 0 Å². The molecule has 0 aromatic carbocycles. The lowest BCUT2D eigenvalue weighted by atomic mass is 10.0. The number of rotatable bonds is 6. The van der Waals surface area contributed by atoms with Gasteiger partial charge in [-0.2, -0.15) is 0 Å². The summed E-state index contributed by atoms with van der Waals surface area (Å²) >= 11 is 2.56. The van der Waals surface area contributed by atoms with Crippen molar-refractivity contribution in [1.82, 2.24) is 0 Å². The maximum absolute atomic E-state index is 2.56. The van der Waals surface area contributed by atoms with Gasteiger partial charge in [0.2, 0.25) is 0 Å². The lowest BCUT2D eigenvalue weighted by Gasteiger charge is -2.18. The molecule has 0 aliphatic rings. The Balaban J connectivity index is 3.95. The number of alkyl halides is 1. The van der Waals surface area contributed by atoms with E-state index in [-0.39, 0.29) is 0 Å². The fourth-order valence-electron chi connectivity index (χ4n) is 1.22. The summed E-state index contributed by atoms with van der Waals surface area (Å²) in [7, 11) is 0. The predicted molar refractivity (Wildman–Crippen MR) is 79.8 cm³/mol. The molecular weight excluding hydrogens is 295 g/mol. The first-order chi connectivity index (χ1) is 6.87. The zero-order chi connectivity index (χ0) is 11.9. The van der Waals surface area contributed by atoms with Crippen LogP contribution in [0.2, 0.25) is 0 Å². The Morgan fingerprint density at radius 1 is 1.20 bits per heavy atom. The first-order valence-electron chi connectivity index (χ1n) is 5.85. The van der Waals surface area contributed by atoms with Crippen LogP contribution in [-0.4, -0.2) is 3.42 Å². The largest absolute Gasteiger partial charge is 0.0856 e. The van der Waals surface area contributed by atoms with E-state index in [4.69, 9.17) is 0 Å². The van der Waals surface area contributed by atoms with Crippen LogP contribution in [0.1, 0.15) is 60.3 Å². The summed E-state index contributed by atoms with van der Waals surface area (Å²) in [5.74, 6) is 0. The van der Waals surface area contributed by atoms with Crippen molar-refractivity contribution in [3.63, 3.8) is 0 Å². The van der Waals surface area contributed by atoms with E-state index in [2.05, 4.69) is 69.4 Å². The number of hydrogen-bond acceptors (Lipinski definition) is 0. The minimum absolute atomic E-state index is 0.440. The molecule has 0 heterocycles. The van der Waals surface area contributed by atoms with Crippen LogP contribution in [-0.2, 0) is 0 Å². The minimum Gasteiger partial charge on any atom is -0.0856 e. The highest BCUT2D eigenvalue weighted by Crippen LogP contribution is 2.27. The first kappa shape index (κ1) is 15.2. The van der Waals surface area contributed by atoms with E-state index in [1.165, 1.54) is 36.8 Å². The maximum atomic E-state index is 2.56. The quantitative estimate of drug-likeness (QED) is 0.336. The Morgan fingerprint density at radius 3 is 2.27 bits per heavy atom. The number of hydrogen-bond donors (Lipinski definition) is 0. The van der Waals surface area contributed by atoms with Crippen LogP contribution in [0.25, 0.3) is 0 Å². The number of allylic oxidation sites excluding steroid dienone is 4. The molecule has 1 unspecified atom stereocenters. The molecule has 0 aliphatic carbocycles. The van der Waals surface area contributed by atoms with Gasteiger partial charge in [-0.1, -0.05) is 59.7 Å². The second-order valence-electron chi connectivity index (χ2n) is 4.84. The SMILES string of the molecule is CCC(C)(I)C/C=C(\C)CCC=C(C)C. The summed E-state index contributed by atoms with van der Waals surface area (Å²) in [6.45, 7) is 11.2. The molecule has 1 atom stereocenters. The lowest BCUT2D eigenvalue weighted by Crippen LogP contribution is -2.11. The number of halogens is 1. The van der Waals surface area contributed by atoms with Crippen molar-refractivity contribution in [1.29, 1.82) is 0 Å². The molecule has 0 fully saturated rings. The van der Waals surface area contributed by atoms with Crippen molar-refractivity contribution in [2.75, 3.05) is 0 Å². The minimum atomic E-state index is 0.440. The molecule has 0 saturated carbocycles. The molecule has 0 aromatic rings. The Labute approximate surface area is 109 Å². The second kappa shape index (κ2) is 7.48. The van der Waals surface area contributed by atoms with Gasteiger partial charge in [0.15, 0.2) is 0 Å². The van der Waals surface area contributed by atoms with E-state index in [1.54, 1.807) is 0 Å². The first-order valence-corrected chi connectivity index (χ1v) is 6.93. The third kappa shape index (κ3) is 9.16. The van der Waals surface area contributed by atoms with Crippen molar-refractivity contribution in [3.05, 3.63) is 23.3 Å². The van der Waals surface area contributed by atoms with Crippen LogP contribution in [0.15, 0.2) is 23.3 Å². The van der Waals surface area contributed by atoms with Gasteiger partial charge in [-0.25, -0.2) is 0 Å². The van der Waals surface area contributed by atoms with Crippen molar-refractivity contribution < 1.29 is 0 Å². The van der Waals surface area contributed by atoms with E-state index < -0.39 is 0 Å². The van der Waals surface area contributed by atoms with Crippen LogP contribution in [0.3, 0.4) is 0 Å². The summed E-state index contributed by atoms with van der Waals surface area (Å²) in [5.41, 5.74) is 2.96. The predicted octanol–water partition coefficient (Wildman–Crippen LogP) is 5.67. The average molecular weight is 320 g/mol. The molecule has 0 nitrogen and oxygen atoms in total. The van der Waals surface area contributed by atoms with Gasteiger partial charge in [0, 0.05) is 3.42 Å². The molecule has 0 aliphatic heterocycles. The highest BCUT2D eigenvalue weighted by molar-refractivity contribution is 14.1. The Kier molecular flexibility index (Phi) is 7.58. The van der Waals surface area contributed by atoms with Crippen molar-refractivity contribution >= 4 is 22.6 Å². The molecule has 0 bridgehead atoms. The van der Waals surface area contributed by atoms with Crippen LogP contribution in [0.4, 0.5) is 0 Å². The highest BCUT2D eigenvalue weighted by Gasteiger charge is 2.14. The fourth-order valence-corrected chi connectivity index (χ4v) is 1.44. The highest BCUT2D eigenvalue weighted by atomic mass is 127. The van der Waals surface area contributed by atoms with E-state index in [0.29, 0.717) is 3.42 Å². The summed E-state index contributed by atoms with van der Waals surface area (Å²) in [6, 6.07) is 0. The third-order valence-electron chi connectivity index (χ3n) is 2.70. The second-order valence-corrected chi connectivity index (χ2v) is 7.45. The van der Waals surface area contributed by atoms with E-state index in [9.17, 15) is 0 Å². The van der Waals surface area contributed by atoms with Gasteiger partial charge in [0.1, 0.15) is 0 Å². The van der Waals surface area contributed by atoms with Crippen LogP contribution >= 0.6 is 22.6 Å². The maximum Gasteiger partial charge on any atom is 0.0226 e. The van der Waals surface area contributed by atoms with Gasteiger partial charge in [-0.05, 0) is 46.5 Å². The molecule has 0 radical (unpaired) electrons. The van der Waals surface area contributed by atoms with E-state index in [0.717, 1.165) is 0 Å². The third-order valence-corrected chi connectivity index (χ3v) is 3.91. The van der Waals surface area contributed by atoms with E-state index in [1.807, 2.05) is 0 Å². The van der Waals surface area contributed by atoms with Gasteiger partial charge in [-0.15, -0.1) is 0 Å². The van der Waals surface area contributed by atoms with Crippen LogP contribution in [0, 0.1) is 0 Å². The Morgan fingerprint density at radius 2 is 1.80 bits per heavy atom. The average Bonchev–Trinajstić information content (AvgIpc) is 2.14. The molecule has 0 saturated heterocycles. The van der Waals surface area contributed by atoms with Gasteiger partial charge < -0.3 is 0 Å². The van der Waals surface area contributed by atoms with Crippen molar-refractivity contribution in [2.45, 2.75) is 63.7 Å². The van der Waals surface area contributed by atoms with Gasteiger partial charge in [-0.3, -0.25) is 0 Å². The summed E-state index contributed by atoms with van der Waals surface area (Å²) in [6.07, 6.45) is 9.57. The van der Waals surface area contributed by atoms with Gasteiger partial charge >= 0.3 is 0 Å². The summed E-state index contributed by atoms with van der Waals surface area (Å²) in [4.78, 5) is 0. The van der Waals surface area contributed by atoms with Crippen molar-refractivity contribution in [3.8, 4) is 0 Å². The summed E-state index contributed by atoms with van der Waals surface area (Å²) < 4.78 is 0.440. The van der Waals surface area contributed by atoms with Crippen LogP contribution in [0.5, 0.6) is 0 Å². The normalized spacial score (nSPS) is 16.0. The lowest BCUT2D eigenvalue weighted by molar-refractivity contribution is 0.658. The fraction of sp³-hybridized carbons (Fsp3) is 0.714. The zero-order valence-electron chi connectivity index (χ0n) is 10.9.